The smallest absolute Gasteiger partial charge is 0.123 e. The summed E-state index contributed by atoms with van der Waals surface area (Å²) in [4.78, 5) is 8.19. The number of hydrogen-bond acceptors (Lipinski definition) is 6. The molecule has 3 rings (SSSR count). The van der Waals surface area contributed by atoms with Crippen LogP contribution in [0.5, 0.6) is 0 Å². The van der Waals surface area contributed by atoms with E-state index in [9.17, 15) is 19.7 Å². The Bertz CT molecular complexity index is 794. The molecule has 5 atom stereocenters. The molecule has 1 aromatic carbocycles. The number of allylic oxidation sites excluding steroid dienone is 1. The lowest BCUT2D eigenvalue weighted by Gasteiger charge is -2.21. The van der Waals surface area contributed by atoms with Gasteiger partial charge < -0.3 is 20.1 Å². The number of nitrogens with zero attached hydrogens (tertiary/aromatic N) is 2. The van der Waals surface area contributed by atoms with Crippen LogP contribution >= 0.6 is 0 Å². The van der Waals surface area contributed by atoms with E-state index in [-0.39, 0.29) is 0 Å². The lowest BCUT2D eigenvalue weighted by Crippen LogP contribution is -2.34. The number of hydrogen-bond donors (Lipinski definition) is 3. The van der Waals surface area contributed by atoms with Crippen molar-refractivity contribution < 1.29 is 24.4 Å². The van der Waals surface area contributed by atoms with Crippen LogP contribution in [0, 0.1) is 19.7 Å². The molecule has 0 saturated carbocycles. The van der Waals surface area contributed by atoms with Gasteiger partial charge >= 0.3 is 0 Å². The molecule has 2 aromatic rings. The Hall–Kier alpha value is -2.19. The standard InChI is InChI=1S/C12H15FO4.C9H12N2/c1-6-9(14)11(16)12(17-6)10(15)7-3-2-4-8(13)5-7;1-4-5-9-7(2)10-6-11-8(9)3/h2-6,9-12,14-16H,1H3;4-6H,1-3H3/b;5-4-/t6-,9-,10+,11-,12+;/m0./s1. The fourth-order valence-electron chi connectivity index (χ4n) is 3.03. The number of benzene rings is 1. The summed E-state index contributed by atoms with van der Waals surface area (Å²) in [5, 5.41) is 29.2. The molecule has 1 aromatic heterocycles. The van der Waals surface area contributed by atoms with Crippen LogP contribution in [0.25, 0.3) is 6.08 Å². The van der Waals surface area contributed by atoms with Crippen molar-refractivity contribution in [3.63, 3.8) is 0 Å². The van der Waals surface area contributed by atoms with Gasteiger partial charge in [-0.2, -0.15) is 0 Å². The molecule has 0 aliphatic carbocycles. The molecule has 7 heteroatoms. The maximum absolute atomic E-state index is 13.0. The number of aliphatic hydroxyl groups excluding tert-OH is 3. The summed E-state index contributed by atoms with van der Waals surface area (Å²) in [6.45, 7) is 7.58. The molecule has 6 nitrogen and oxygen atoms in total. The topological polar surface area (TPSA) is 95.7 Å². The molecule has 1 saturated heterocycles. The third-order valence-corrected chi connectivity index (χ3v) is 4.66. The molecule has 0 bridgehead atoms. The number of halogens is 1. The third kappa shape index (κ3) is 5.20. The van der Waals surface area contributed by atoms with Gasteiger partial charge in [-0.15, -0.1) is 0 Å². The Labute approximate surface area is 164 Å². The second kappa shape index (κ2) is 9.84. The van der Waals surface area contributed by atoms with E-state index in [1.54, 1.807) is 19.3 Å². The zero-order valence-electron chi connectivity index (χ0n) is 16.5. The molecular formula is C21H27FN2O4. The van der Waals surface area contributed by atoms with E-state index >= 15 is 0 Å². The quantitative estimate of drug-likeness (QED) is 0.745. The van der Waals surface area contributed by atoms with Gasteiger partial charge in [0.25, 0.3) is 0 Å². The van der Waals surface area contributed by atoms with Gasteiger partial charge in [0.15, 0.2) is 0 Å². The first-order chi connectivity index (χ1) is 13.3. The van der Waals surface area contributed by atoms with Gasteiger partial charge in [0.05, 0.1) is 6.10 Å². The van der Waals surface area contributed by atoms with Gasteiger partial charge in [0.2, 0.25) is 0 Å². The van der Waals surface area contributed by atoms with Gasteiger partial charge in [-0.05, 0) is 45.4 Å². The van der Waals surface area contributed by atoms with Crippen molar-refractivity contribution in [2.45, 2.75) is 58.2 Å². The van der Waals surface area contributed by atoms with E-state index in [1.165, 1.54) is 18.2 Å². The lowest BCUT2D eigenvalue weighted by molar-refractivity contribution is -0.0636. The van der Waals surface area contributed by atoms with E-state index in [2.05, 4.69) is 9.97 Å². The fourth-order valence-corrected chi connectivity index (χ4v) is 3.03. The molecule has 152 valence electrons. The second-order valence-electron chi connectivity index (χ2n) is 6.75. The Balaban J connectivity index is 0.000000221. The maximum atomic E-state index is 13.0. The molecule has 0 radical (unpaired) electrons. The van der Waals surface area contributed by atoms with Crippen molar-refractivity contribution in [1.82, 2.24) is 9.97 Å². The molecule has 3 N–H and O–H groups in total. The van der Waals surface area contributed by atoms with Crippen molar-refractivity contribution in [3.05, 3.63) is 65.0 Å². The highest BCUT2D eigenvalue weighted by Gasteiger charge is 2.44. The summed E-state index contributed by atoms with van der Waals surface area (Å²) in [5.74, 6) is -0.470. The van der Waals surface area contributed by atoms with Gasteiger partial charge in [-0.3, -0.25) is 0 Å². The predicted molar refractivity (Wildman–Crippen MR) is 104 cm³/mol. The summed E-state index contributed by atoms with van der Waals surface area (Å²) in [6, 6.07) is 5.45. The number of ether oxygens (including phenoxy) is 1. The molecule has 1 fully saturated rings. The summed E-state index contributed by atoms with van der Waals surface area (Å²) in [5.41, 5.74) is 3.52. The third-order valence-electron chi connectivity index (χ3n) is 4.66. The van der Waals surface area contributed by atoms with Crippen molar-refractivity contribution in [3.8, 4) is 0 Å². The zero-order valence-corrected chi connectivity index (χ0v) is 16.5. The van der Waals surface area contributed by atoms with Crippen molar-refractivity contribution in [2.75, 3.05) is 0 Å². The monoisotopic (exact) mass is 390 g/mol. The van der Waals surface area contributed by atoms with Crippen LogP contribution in [0.3, 0.4) is 0 Å². The number of aliphatic hydroxyl groups is 3. The predicted octanol–water partition coefficient (Wildman–Crippen LogP) is 2.49. The van der Waals surface area contributed by atoms with Crippen LogP contribution in [-0.4, -0.2) is 49.7 Å². The van der Waals surface area contributed by atoms with Crippen molar-refractivity contribution in [2.24, 2.45) is 0 Å². The van der Waals surface area contributed by atoms with Gasteiger partial charge in [0, 0.05) is 17.0 Å². The Morgan fingerprint density at radius 2 is 1.79 bits per heavy atom. The van der Waals surface area contributed by atoms with Crippen LogP contribution in [0.1, 0.15) is 42.5 Å². The van der Waals surface area contributed by atoms with Crippen LogP contribution in [0.2, 0.25) is 0 Å². The first kappa shape index (κ1) is 22.1. The average molecular weight is 390 g/mol. The largest absolute Gasteiger partial charge is 0.388 e. The van der Waals surface area contributed by atoms with Gasteiger partial charge in [-0.1, -0.05) is 24.3 Å². The van der Waals surface area contributed by atoms with Crippen molar-refractivity contribution >= 4 is 6.08 Å². The summed E-state index contributed by atoms with van der Waals surface area (Å²) < 4.78 is 18.3. The first-order valence-electron chi connectivity index (χ1n) is 9.12. The molecule has 28 heavy (non-hydrogen) atoms. The molecule has 2 heterocycles. The van der Waals surface area contributed by atoms with E-state index in [0.717, 1.165) is 17.0 Å². The minimum absolute atomic E-state index is 0.315. The fraction of sp³-hybridized carbons (Fsp3) is 0.429. The Kier molecular flexibility index (Phi) is 7.77. The first-order valence-corrected chi connectivity index (χ1v) is 9.12. The average Bonchev–Trinajstić information content (AvgIpc) is 2.92. The Morgan fingerprint density at radius 3 is 2.29 bits per heavy atom. The molecular weight excluding hydrogens is 363 g/mol. The van der Waals surface area contributed by atoms with Crippen LogP contribution in [0.4, 0.5) is 4.39 Å². The van der Waals surface area contributed by atoms with E-state index in [4.69, 9.17) is 4.74 Å². The number of rotatable bonds is 3. The molecule has 0 spiro atoms. The molecule has 0 amide bonds. The highest BCUT2D eigenvalue weighted by Crippen LogP contribution is 2.30. The number of aromatic nitrogens is 2. The summed E-state index contributed by atoms with van der Waals surface area (Å²) in [6.07, 6.45) is 0.743. The Morgan fingerprint density at radius 1 is 1.14 bits per heavy atom. The maximum Gasteiger partial charge on any atom is 0.123 e. The van der Waals surface area contributed by atoms with E-state index in [1.807, 2.05) is 32.9 Å². The minimum atomic E-state index is -1.18. The molecule has 1 aliphatic rings. The summed E-state index contributed by atoms with van der Waals surface area (Å²) in [7, 11) is 0. The normalized spacial score (nSPS) is 25.4. The highest BCUT2D eigenvalue weighted by atomic mass is 19.1. The van der Waals surface area contributed by atoms with Gasteiger partial charge in [0.1, 0.15) is 36.6 Å². The summed E-state index contributed by atoms with van der Waals surface area (Å²) >= 11 is 0. The lowest BCUT2D eigenvalue weighted by atomic mass is 9.99. The van der Waals surface area contributed by atoms with E-state index in [0.29, 0.717) is 5.56 Å². The molecule has 0 unspecified atom stereocenters. The SMILES string of the molecule is C/C=C\c1c(C)ncnc1C.C[C@@H]1O[C@H]([C@H](O)c2cccc(F)c2)[C@@H](O)[C@H]1O. The second-order valence-corrected chi connectivity index (χ2v) is 6.75. The minimum Gasteiger partial charge on any atom is -0.388 e. The van der Waals surface area contributed by atoms with Gasteiger partial charge in [-0.25, -0.2) is 14.4 Å². The van der Waals surface area contributed by atoms with E-state index < -0.39 is 36.3 Å². The molecule has 1 aliphatic heterocycles. The van der Waals surface area contributed by atoms with Crippen LogP contribution in [0.15, 0.2) is 36.7 Å². The highest BCUT2D eigenvalue weighted by molar-refractivity contribution is 5.53. The van der Waals surface area contributed by atoms with Crippen LogP contribution in [-0.2, 0) is 4.74 Å². The van der Waals surface area contributed by atoms with Crippen LogP contribution < -0.4 is 0 Å². The zero-order chi connectivity index (χ0) is 20.8. The number of aryl methyl sites for hydroxylation is 2. The van der Waals surface area contributed by atoms with Crippen molar-refractivity contribution in [1.29, 1.82) is 0 Å².